The number of likely N-dealkylation sites (tertiary alicyclic amines) is 1. The predicted molar refractivity (Wildman–Crippen MR) is 60.4 cm³/mol. The molecular formula is C12H24N2. The van der Waals surface area contributed by atoms with Crippen LogP contribution in [-0.4, -0.2) is 37.1 Å². The van der Waals surface area contributed by atoms with E-state index < -0.39 is 0 Å². The smallest absolute Gasteiger partial charge is 0.0121 e. The van der Waals surface area contributed by atoms with Crippen molar-refractivity contribution in [1.29, 1.82) is 0 Å². The fourth-order valence-corrected chi connectivity index (χ4v) is 3.10. The Hall–Kier alpha value is -0.0800. The lowest BCUT2D eigenvalue weighted by Gasteiger charge is -2.47. The van der Waals surface area contributed by atoms with E-state index in [0.29, 0.717) is 0 Å². The van der Waals surface area contributed by atoms with Crippen LogP contribution in [0.2, 0.25) is 0 Å². The first kappa shape index (κ1) is 10.4. The van der Waals surface area contributed by atoms with Crippen LogP contribution < -0.4 is 5.32 Å². The first-order valence-electron chi connectivity index (χ1n) is 6.13. The molecule has 0 aromatic carbocycles. The van der Waals surface area contributed by atoms with Crippen molar-refractivity contribution in [3.05, 3.63) is 0 Å². The molecule has 14 heavy (non-hydrogen) atoms. The molecule has 0 amide bonds. The lowest BCUT2D eigenvalue weighted by atomic mass is 9.78. The standard InChI is InChI=1S/C12H24N2/c1-9-4-5-12(9)14-7-6-11(13-3)10(2)8-14/h9-13H,4-8H2,1-3H3. The minimum absolute atomic E-state index is 0.752. The summed E-state index contributed by atoms with van der Waals surface area (Å²) in [6.07, 6.45) is 4.23. The Labute approximate surface area is 88.1 Å². The van der Waals surface area contributed by atoms with E-state index in [1.165, 1.54) is 32.4 Å². The second-order valence-corrected chi connectivity index (χ2v) is 5.28. The lowest BCUT2D eigenvalue weighted by Crippen LogP contribution is -2.54. The van der Waals surface area contributed by atoms with E-state index >= 15 is 0 Å². The molecule has 0 spiro atoms. The first-order valence-corrected chi connectivity index (χ1v) is 6.13. The van der Waals surface area contributed by atoms with Crippen molar-refractivity contribution in [3.63, 3.8) is 0 Å². The van der Waals surface area contributed by atoms with E-state index in [-0.39, 0.29) is 0 Å². The minimum atomic E-state index is 0.752. The highest BCUT2D eigenvalue weighted by Crippen LogP contribution is 2.34. The molecule has 0 aromatic heterocycles. The van der Waals surface area contributed by atoms with Gasteiger partial charge in [-0.1, -0.05) is 13.8 Å². The predicted octanol–water partition coefficient (Wildman–Crippen LogP) is 1.71. The molecule has 2 nitrogen and oxygen atoms in total. The summed E-state index contributed by atoms with van der Waals surface area (Å²) in [7, 11) is 2.10. The Morgan fingerprint density at radius 1 is 1.07 bits per heavy atom. The highest BCUT2D eigenvalue weighted by molar-refractivity contribution is 4.91. The SMILES string of the molecule is CNC1CCN(C2CCC2C)CC1C. The molecule has 1 heterocycles. The van der Waals surface area contributed by atoms with E-state index in [2.05, 4.69) is 31.1 Å². The van der Waals surface area contributed by atoms with E-state index in [4.69, 9.17) is 0 Å². The molecule has 2 heteroatoms. The second-order valence-electron chi connectivity index (χ2n) is 5.28. The second kappa shape index (κ2) is 4.19. The van der Waals surface area contributed by atoms with Gasteiger partial charge < -0.3 is 5.32 Å². The normalized spacial score (nSPS) is 44.8. The Morgan fingerprint density at radius 3 is 2.29 bits per heavy atom. The van der Waals surface area contributed by atoms with Crippen molar-refractivity contribution in [2.24, 2.45) is 11.8 Å². The van der Waals surface area contributed by atoms with Gasteiger partial charge in [0.15, 0.2) is 0 Å². The molecule has 4 unspecified atom stereocenters. The van der Waals surface area contributed by atoms with Crippen LogP contribution in [0.25, 0.3) is 0 Å². The molecule has 1 aliphatic heterocycles. The van der Waals surface area contributed by atoms with Crippen LogP contribution in [0.1, 0.15) is 33.1 Å². The van der Waals surface area contributed by atoms with Gasteiger partial charge >= 0.3 is 0 Å². The van der Waals surface area contributed by atoms with E-state index in [9.17, 15) is 0 Å². The number of nitrogens with one attached hydrogen (secondary N) is 1. The first-order chi connectivity index (χ1) is 6.72. The highest BCUT2D eigenvalue weighted by atomic mass is 15.2. The fraction of sp³-hybridized carbons (Fsp3) is 1.00. The fourth-order valence-electron chi connectivity index (χ4n) is 3.10. The number of nitrogens with zero attached hydrogens (tertiary/aromatic N) is 1. The van der Waals surface area contributed by atoms with E-state index in [1.54, 1.807) is 0 Å². The van der Waals surface area contributed by atoms with E-state index in [0.717, 1.165) is 23.9 Å². The van der Waals surface area contributed by atoms with Crippen LogP contribution in [0.5, 0.6) is 0 Å². The van der Waals surface area contributed by atoms with Crippen LogP contribution in [0, 0.1) is 11.8 Å². The van der Waals surface area contributed by atoms with Gasteiger partial charge in [0, 0.05) is 18.6 Å². The summed E-state index contributed by atoms with van der Waals surface area (Å²) in [4.78, 5) is 2.73. The van der Waals surface area contributed by atoms with Crippen molar-refractivity contribution in [2.75, 3.05) is 20.1 Å². The molecule has 1 N–H and O–H groups in total. The van der Waals surface area contributed by atoms with Gasteiger partial charge in [0.25, 0.3) is 0 Å². The van der Waals surface area contributed by atoms with Gasteiger partial charge in [-0.05, 0) is 44.7 Å². The highest BCUT2D eigenvalue weighted by Gasteiger charge is 2.35. The largest absolute Gasteiger partial charge is 0.317 e. The maximum absolute atomic E-state index is 3.43. The van der Waals surface area contributed by atoms with Crippen LogP contribution in [0.4, 0.5) is 0 Å². The molecule has 1 saturated carbocycles. The summed E-state index contributed by atoms with van der Waals surface area (Å²) in [5.74, 6) is 1.77. The molecule has 1 aliphatic carbocycles. The summed E-state index contributed by atoms with van der Waals surface area (Å²) < 4.78 is 0. The van der Waals surface area contributed by atoms with Crippen molar-refractivity contribution < 1.29 is 0 Å². The van der Waals surface area contributed by atoms with Crippen LogP contribution in [0.3, 0.4) is 0 Å². The molecule has 0 radical (unpaired) electrons. The van der Waals surface area contributed by atoms with Gasteiger partial charge in [-0.15, -0.1) is 0 Å². The minimum Gasteiger partial charge on any atom is -0.317 e. The van der Waals surface area contributed by atoms with Crippen molar-refractivity contribution in [3.8, 4) is 0 Å². The van der Waals surface area contributed by atoms with Gasteiger partial charge in [-0.25, -0.2) is 0 Å². The van der Waals surface area contributed by atoms with Crippen LogP contribution >= 0.6 is 0 Å². The summed E-state index contributed by atoms with van der Waals surface area (Å²) >= 11 is 0. The zero-order valence-corrected chi connectivity index (χ0v) is 9.79. The number of rotatable bonds is 2. The van der Waals surface area contributed by atoms with Crippen molar-refractivity contribution in [2.45, 2.75) is 45.2 Å². The van der Waals surface area contributed by atoms with Gasteiger partial charge in [0.2, 0.25) is 0 Å². The van der Waals surface area contributed by atoms with Gasteiger partial charge in [-0.3, -0.25) is 4.90 Å². The summed E-state index contributed by atoms with van der Waals surface area (Å²) in [6.45, 7) is 7.41. The summed E-state index contributed by atoms with van der Waals surface area (Å²) in [6, 6.07) is 1.66. The van der Waals surface area contributed by atoms with Crippen LogP contribution in [0.15, 0.2) is 0 Å². The Balaban J connectivity index is 1.86. The van der Waals surface area contributed by atoms with Crippen molar-refractivity contribution >= 4 is 0 Å². The molecule has 1 saturated heterocycles. The molecule has 4 atom stereocenters. The number of piperidine rings is 1. The third kappa shape index (κ3) is 1.82. The average Bonchev–Trinajstić information content (AvgIpc) is 2.16. The third-order valence-corrected chi connectivity index (χ3v) is 4.35. The zero-order chi connectivity index (χ0) is 10.1. The van der Waals surface area contributed by atoms with Crippen molar-refractivity contribution in [1.82, 2.24) is 10.2 Å². The van der Waals surface area contributed by atoms with Gasteiger partial charge in [0.05, 0.1) is 0 Å². The molecule has 82 valence electrons. The molecule has 2 rings (SSSR count). The lowest BCUT2D eigenvalue weighted by molar-refractivity contribution is 0.0289. The average molecular weight is 196 g/mol. The maximum atomic E-state index is 3.43. The number of hydrogen-bond acceptors (Lipinski definition) is 2. The summed E-state index contributed by atoms with van der Waals surface area (Å²) in [5, 5.41) is 3.43. The monoisotopic (exact) mass is 196 g/mol. The maximum Gasteiger partial charge on any atom is 0.0121 e. The zero-order valence-electron chi connectivity index (χ0n) is 9.79. The molecule has 0 aromatic rings. The van der Waals surface area contributed by atoms with E-state index in [1.807, 2.05) is 0 Å². The molecule has 2 aliphatic rings. The Morgan fingerprint density at radius 2 is 1.86 bits per heavy atom. The van der Waals surface area contributed by atoms with Gasteiger partial charge in [-0.2, -0.15) is 0 Å². The summed E-state index contributed by atoms with van der Waals surface area (Å²) in [5.41, 5.74) is 0. The number of hydrogen-bond donors (Lipinski definition) is 1. The third-order valence-electron chi connectivity index (χ3n) is 4.35. The Bertz CT molecular complexity index is 193. The molecule has 0 bridgehead atoms. The molecular weight excluding hydrogens is 172 g/mol. The molecule has 2 fully saturated rings. The topological polar surface area (TPSA) is 15.3 Å². The quantitative estimate of drug-likeness (QED) is 0.723. The Kier molecular flexibility index (Phi) is 3.13. The van der Waals surface area contributed by atoms with Gasteiger partial charge in [0.1, 0.15) is 0 Å². The van der Waals surface area contributed by atoms with Crippen LogP contribution in [-0.2, 0) is 0 Å².